The van der Waals surface area contributed by atoms with Crippen molar-refractivity contribution >= 4 is 17.8 Å². The second-order valence-electron chi connectivity index (χ2n) is 4.10. The van der Waals surface area contributed by atoms with Crippen LogP contribution in [0.4, 0.5) is 0 Å². The molecule has 0 radical (unpaired) electrons. The first-order valence-corrected chi connectivity index (χ1v) is 7.46. The quantitative estimate of drug-likeness (QED) is 0.725. The molecule has 0 spiro atoms. The highest BCUT2D eigenvalue weighted by Crippen LogP contribution is 2.38. The van der Waals surface area contributed by atoms with Crippen molar-refractivity contribution < 1.29 is 4.57 Å². The molecule has 82 valence electrons. The molecule has 0 unspecified atom stereocenters. The fraction of sp³-hybridized carbons (Fsp3) is 0.143. The van der Waals surface area contributed by atoms with Crippen LogP contribution >= 0.6 is 7.14 Å². The summed E-state index contributed by atoms with van der Waals surface area (Å²) in [5, 5.41) is 1.84. The third-order valence-corrected chi connectivity index (χ3v) is 5.34. The maximum Gasteiger partial charge on any atom is 0.140 e. The van der Waals surface area contributed by atoms with Gasteiger partial charge in [-0.1, -0.05) is 60.2 Å². The average molecular weight is 230 g/mol. The minimum atomic E-state index is -2.42. The molecular formula is C14H15OP. The monoisotopic (exact) mass is 230 g/mol. The van der Waals surface area contributed by atoms with Gasteiger partial charge in [-0.15, -0.1) is 0 Å². The summed E-state index contributed by atoms with van der Waals surface area (Å²) in [5.41, 5.74) is 1.19. The topological polar surface area (TPSA) is 17.1 Å². The Kier molecular flexibility index (Phi) is 2.98. The number of hydrogen-bond acceptors (Lipinski definition) is 1. The fourth-order valence-electron chi connectivity index (χ4n) is 1.69. The van der Waals surface area contributed by atoms with Gasteiger partial charge in [0.25, 0.3) is 0 Å². The van der Waals surface area contributed by atoms with Gasteiger partial charge >= 0.3 is 0 Å². The predicted molar refractivity (Wildman–Crippen MR) is 70.4 cm³/mol. The molecule has 0 amide bonds. The zero-order valence-electron chi connectivity index (χ0n) is 9.55. The van der Waals surface area contributed by atoms with Crippen molar-refractivity contribution in [3.63, 3.8) is 0 Å². The summed E-state index contributed by atoms with van der Waals surface area (Å²) in [4.78, 5) is 0. The van der Waals surface area contributed by atoms with Gasteiger partial charge in [-0.25, -0.2) is 0 Å². The van der Waals surface area contributed by atoms with Gasteiger partial charge in [0.15, 0.2) is 0 Å². The van der Waals surface area contributed by atoms with Crippen LogP contribution < -0.4 is 10.6 Å². The molecule has 1 nitrogen and oxygen atoms in total. The molecule has 0 aliphatic rings. The molecule has 0 bridgehead atoms. The van der Waals surface area contributed by atoms with Crippen molar-refractivity contribution in [1.29, 1.82) is 0 Å². The first kappa shape index (κ1) is 11.2. The zero-order valence-corrected chi connectivity index (χ0v) is 10.4. The number of aryl methyl sites for hydroxylation is 1. The van der Waals surface area contributed by atoms with Crippen molar-refractivity contribution in [2.45, 2.75) is 6.92 Å². The minimum Gasteiger partial charge on any atom is -0.314 e. The van der Waals surface area contributed by atoms with E-state index in [1.165, 1.54) is 5.56 Å². The van der Waals surface area contributed by atoms with E-state index in [-0.39, 0.29) is 0 Å². The smallest absolute Gasteiger partial charge is 0.140 e. The third-order valence-electron chi connectivity index (χ3n) is 2.78. The summed E-state index contributed by atoms with van der Waals surface area (Å²) in [7, 11) is -2.42. The summed E-state index contributed by atoms with van der Waals surface area (Å²) in [6.07, 6.45) is 0. The summed E-state index contributed by atoms with van der Waals surface area (Å²) >= 11 is 0. The van der Waals surface area contributed by atoms with Gasteiger partial charge in [0.05, 0.1) is 0 Å². The van der Waals surface area contributed by atoms with E-state index in [2.05, 4.69) is 0 Å². The van der Waals surface area contributed by atoms with Crippen LogP contribution in [0.25, 0.3) is 0 Å². The highest BCUT2D eigenvalue weighted by Gasteiger charge is 2.19. The predicted octanol–water partition coefficient (Wildman–Crippen LogP) is 2.94. The van der Waals surface area contributed by atoms with E-state index >= 15 is 0 Å². The van der Waals surface area contributed by atoms with Crippen LogP contribution in [0.15, 0.2) is 54.6 Å². The second kappa shape index (κ2) is 4.27. The highest BCUT2D eigenvalue weighted by atomic mass is 31.2. The molecule has 0 aliphatic heterocycles. The summed E-state index contributed by atoms with van der Waals surface area (Å²) in [5.74, 6) is 0. The molecule has 0 fully saturated rings. The summed E-state index contributed by atoms with van der Waals surface area (Å²) in [6.45, 7) is 3.86. The van der Waals surface area contributed by atoms with Crippen molar-refractivity contribution in [1.82, 2.24) is 0 Å². The fourth-order valence-corrected chi connectivity index (χ4v) is 3.45. The Morgan fingerprint density at radius 1 is 0.812 bits per heavy atom. The molecule has 2 aromatic carbocycles. The lowest BCUT2D eigenvalue weighted by molar-refractivity contribution is 0.590. The van der Waals surface area contributed by atoms with Gasteiger partial charge in [0.1, 0.15) is 7.14 Å². The lowest BCUT2D eigenvalue weighted by Crippen LogP contribution is -2.14. The van der Waals surface area contributed by atoms with Gasteiger partial charge in [-0.05, 0) is 13.6 Å². The van der Waals surface area contributed by atoms with Crippen LogP contribution in [0, 0.1) is 6.92 Å². The van der Waals surface area contributed by atoms with Gasteiger partial charge in [-0.3, -0.25) is 0 Å². The van der Waals surface area contributed by atoms with E-state index in [4.69, 9.17) is 0 Å². The van der Waals surface area contributed by atoms with E-state index in [9.17, 15) is 4.57 Å². The first-order chi connectivity index (χ1) is 7.60. The van der Waals surface area contributed by atoms with Crippen LogP contribution in [-0.2, 0) is 4.57 Å². The largest absolute Gasteiger partial charge is 0.314 e. The van der Waals surface area contributed by atoms with Crippen molar-refractivity contribution in [2.75, 3.05) is 6.66 Å². The van der Waals surface area contributed by atoms with E-state index in [0.29, 0.717) is 0 Å². The van der Waals surface area contributed by atoms with E-state index in [1.54, 1.807) is 0 Å². The Balaban J connectivity index is 2.47. The lowest BCUT2D eigenvalue weighted by atomic mass is 10.2. The molecule has 1 atom stereocenters. The molecule has 2 rings (SSSR count). The van der Waals surface area contributed by atoms with Gasteiger partial charge < -0.3 is 4.57 Å². The van der Waals surface area contributed by atoms with Crippen LogP contribution in [0.1, 0.15) is 5.56 Å². The molecular weight excluding hydrogens is 215 g/mol. The molecule has 0 saturated carbocycles. The van der Waals surface area contributed by atoms with E-state index in [1.807, 2.05) is 68.2 Å². The number of hydrogen-bond donors (Lipinski definition) is 0. The summed E-state index contributed by atoms with van der Waals surface area (Å²) in [6, 6.07) is 17.6. The van der Waals surface area contributed by atoms with Crippen molar-refractivity contribution in [3.8, 4) is 0 Å². The molecule has 0 N–H and O–H groups in total. The molecule has 16 heavy (non-hydrogen) atoms. The zero-order chi connectivity index (χ0) is 11.6. The normalized spacial score (nSPS) is 14.4. The molecule has 0 saturated heterocycles. The van der Waals surface area contributed by atoms with Gasteiger partial charge in [0, 0.05) is 10.6 Å². The Bertz CT molecular complexity index is 514. The van der Waals surface area contributed by atoms with Crippen LogP contribution in [-0.4, -0.2) is 6.66 Å². The molecule has 0 aliphatic carbocycles. The first-order valence-electron chi connectivity index (χ1n) is 5.31. The maximum absolute atomic E-state index is 12.7. The Hall–Kier alpha value is -1.33. The SMILES string of the molecule is Cc1ccc([P@@](C)(=O)c2ccccc2)cc1. The van der Waals surface area contributed by atoms with Crippen LogP contribution in [0.5, 0.6) is 0 Å². The molecule has 0 heterocycles. The van der Waals surface area contributed by atoms with Gasteiger partial charge in [-0.2, -0.15) is 0 Å². The molecule has 0 aromatic heterocycles. The van der Waals surface area contributed by atoms with Gasteiger partial charge in [0.2, 0.25) is 0 Å². The lowest BCUT2D eigenvalue weighted by Gasteiger charge is -2.13. The molecule has 2 aromatic rings. The average Bonchev–Trinajstić information content (AvgIpc) is 2.31. The number of benzene rings is 2. The van der Waals surface area contributed by atoms with Crippen LogP contribution in [0.2, 0.25) is 0 Å². The third kappa shape index (κ3) is 2.10. The van der Waals surface area contributed by atoms with E-state index < -0.39 is 7.14 Å². The highest BCUT2D eigenvalue weighted by molar-refractivity contribution is 7.78. The second-order valence-corrected chi connectivity index (χ2v) is 6.98. The van der Waals surface area contributed by atoms with Crippen molar-refractivity contribution in [2.24, 2.45) is 0 Å². The standard InChI is InChI=1S/C14H15OP/c1-12-8-10-14(11-9-12)16(2,15)13-6-4-3-5-7-13/h3-11H,1-2H3/t16-/m0/s1. The summed E-state index contributed by atoms with van der Waals surface area (Å²) < 4.78 is 12.7. The number of rotatable bonds is 2. The van der Waals surface area contributed by atoms with Crippen LogP contribution in [0.3, 0.4) is 0 Å². The minimum absolute atomic E-state index is 0.916. The maximum atomic E-state index is 12.7. The molecule has 2 heteroatoms. The Morgan fingerprint density at radius 2 is 1.31 bits per heavy atom. The Morgan fingerprint density at radius 3 is 1.88 bits per heavy atom. The van der Waals surface area contributed by atoms with E-state index in [0.717, 1.165) is 10.6 Å². The Labute approximate surface area is 96.5 Å². The van der Waals surface area contributed by atoms with Crippen molar-refractivity contribution in [3.05, 3.63) is 60.2 Å².